The number of rotatable bonds is 6. The number of thiazole rings is 1. The van der Waals surface area contributed by atoms with Crippen LogP contribution in [0.15, 0.2) is 40.8 Å². The summed E-state index contributed by atoms with van der Waals surface area (Å²) in [5.74, 6) is 0.00727. The number of carbonyl (C=O) groups is 1. The van der Waals surface area contributed by atoms with E-state index in [1.807, 2.05) is 0 Å². The molecule has 0 unspecified atom stereocenters. The number of amides is 1. The summed E-state index contributed by atoms with van der Waals surface area (Å²) >= 11 is 7.72. The van der Waals surface area contributed by atoms with Gasteiger partial charge in [0.05, 0.1) is 33.3 Å². The van der Waals surface area contributed by atoms with Crippen LogP contribution in [0.3, 0.4) is 0 Å². The SMILES string of the molecule is N#CC1(NC(=O)Cc2nnc(Cc3nc4cc(-c5cccc(C(F)(F)F)c5)cc(Cl)c4s3)o2)CC1. The van der Waals surface area contributed by atoms with Gasteiger partial charge in [0.1, 0.15) is 17.0 Å². The molecule has 12 heteroatoms. The molecule has 1 amide bonds. The van der Waals surface area contributed by atoms with E-state index < -0.39 is 17.3 Å². The first-order chi connectivity index (χ1) is 16.6. The van der Waals surface area contributed by atoms with Crippen molar-refractivity contribution in [3.05, 3.63) is 63.8 Å². The lowest BCUT2D eigenvalue weighted by molar-refractivity contribution is -0.137. The first-order valence-electron chi connectivity index (χ1n) is 10.4. The van der Waals surface area contributed by atoms with E-state index in [1.54, 1.807) is 18.2 Å². The van der Waals surface area contributed by atoms with Crippen molar-refractivity contribution in [1.82, 2.24) is 20.5 Å². The van der Waals surface area contributed by atoms with Crippen LogP contribution in [-0.2, 0) is 23.8 Å². The average Bonchev–Trinajstić information content (AvgIpc) is 3.23. The molecule has 0 bridgehead atoms. The Hall–Kier alpha value is -3.49. The Morgan fingerprint density at radius 1 is 1.20 bits per heavy atom. The minimum atomic E-state index is -4.45. The molecule has 2 aromatic heterocycles. The summed E-state index contributed by atoms with van der Waals surface area (Å²) in [4.78, 5) is 16.6. The van der Waals surface area contributed by atoms with Crippen LogP contribution < -0.4 is 5.32 Å². The third kappa shape index (κ3) is 4.99. The highest BCUT2D eigenvalue weighted by Gasteiger charge is 2.44. The fraction of sp³-hybridized carbons (Fsp3) is 0.261. The number of aromatic nitrogens is 3. The lowest BCUT2D eigenvalue weighted by Crippen LogP contribution is -2.36. The smallest absolute Gasteiger partial charge is 0.416 e. The zero-order valence-electron chi connectivity index (χ0n) is 17.8. The van der Waals surface area contributed by atoms with Crippen molar-refractivity contribution in [3.63, 3.8) is 0 Å². The van der Waals surface area contributed by atoms with Gasteiger partial charge in [0.2, 0.25) is 17.7 Å². The predicted molar refractivity (Wildman–Crippen MR) is 122 cm³/mol. The van der Waals surface area contributed by atoms with Gasteiger partial charge in [-0.3, -0.25) is 4.79 Å². The highest BCUT2D eigenvalue weighted by molar-refractivity contribution is 7.19. The fourth-order valence-corrected chi connectivity index (χ4v) is 4.83. The lowest BCUT2D eigenvalue weighted by atomic mass is 10.0. The topological polar surface area (TPSA) is 105 Å². The maximum atomic E-state index is 13.1. The Labute approximate surface area is 205 Å². The van der Waals surface area contributed by atoms with Gasteiger partial charge in [-0.15, -0.1) is 21.5 Å². The molecule has 2 aromatic carbocycles. The minimum absolute atomic E-state index is 0.122. The predicted octanol–water partition coefficient (Wildman–Crippen LogP) is 5.32. The molecule has 4 aromatic rings. The van der Waals surface area contributed by atoms with Gasteiger partial charge in [0.15, 0.2) is 0 Å². The number of alkyl halides is 3. The second-order valence-corrected chi connectivity index (χ2v) is 9.67. The van der Waals surface area contributed by atoms with Gasteiger partial charge in [0, 0.05) is 0 Å². The molecule has 1 N–H and O–H groups in total. The minimum Gasteiger partial charge on any atom is -0.424 e. The van der Waals surface area contributed by atoms with E-state index in [2.05, 4.69) is 26.6 Å². The number of carbonyl (C=O) groups excluding carboxylic acids is 1. The van der Waals surface area contributed by atoms with Crippen LogP contribution >= 0.6 is 22.9 Å². The molecule has 1 saturated carbocycles. The highest BCUT2D eigenvalue weighted by Crippen LogP contribution is 2.37. The molecule has 2 heterocycles. The van der Waals surface area contributed by atoms with Crippen molar-refractivity contribution < 1.29 is 22.4 Å². The Kier molecular flexibility index (Phi) is 5.73. The summed E-state index contributed by atoms with van der Waals surface area (Å²) in [6.07, 6.45) is -3.13. The van der Waals surface area contributed by atoms with Gasteiger partial charge < -0.3 is 9.73 Å². The molecule has 178 valence electrons. The van der Waals surface area contributed by atoms with Crippen molar-refractivity contribution in [3.8, 4) is 17.2 Å². The van der Waals surface area contributed by atoms with E-state index in [0.29, 0.717) is 44.2 Å². The van der Waals surface area contributed by atoms with Gasteiger partial charge in [-0.2, -0.15) is 18.4 Å². The first kappa shape index (κ1) is 23.3. The van der Waals surface area contributed by atoms with Gasteiger partial charge in [-0.25, -0.2) is 4.98 Å². The molecule has 35 heavy (non-hydrogen) atoms. The van der Waals surface area contributed by atoms with Crippen molar-refractivity contribution in [2.45, 2.75) is 37.4 Å². The van der Waals surface area contributed by atoms with Crippen molar-refractivity contribution >= 4 is 39.1 Å². The first-order valence-corrected chi connectivity index (χ1v) is 11.6. The summed E-state index contributed by atoms with van der Waals surface area (Å²) < 4.78 is 45.5. The third-order valence-electron chi connectivity index (χ3n) is 5.48. The van der Waals surface area contributed by atoms with Crippen molar-refractivity contribution in [1.29, 1.82) is 5.26 Å². The summed E-state index contributed by atoms with van der Waals surface area (Å²) in [7, 11) is 0. The normalized spacial score (nSPS) is 14.6. The van der Waals surface area contributed by atoms with E-state index in [1.165, 1.54) is 17.4 Å². The van der Waals surface area contributed by atoms with Crippen LogP contribution in [0.25, 0.3) is 21.3 Å². The second kappa shape index (κ2) is 8.62. The van der Waals surface area contributed by atoms with Crippen LogP contribution in [0.5, 0.6) is 0 Å². The number of halogens is 4. The Morgan fingerprint density at radius 3 is 2.69 bits per heavy atom. The van der Waals surface area contributed by atoms with Crippen LogP contribution in [0, 0.1) is 11.3 Å². The standard InChI is InChI=1S/C23H15ClF3N5O2S/c24-15-7-13(12-2-1-3-14(6-12)23(25,26)27)8-16-21(15)35-20(29-16)10-19-32-31-18(34-19)9-17(33)30-22(11-28)4-5-22/h1-3,6-8H,4-5,9-10H2,(H,30,33). The molecule has 0 spiro atoms. The number of fused-ring (bicyclic) bond motifs is 1. The molecule has 1 aliphatic carbocycles. The van der Waals surface area contributed by atoms with Crippen molar-refractivity contribution in [2.24, 2.45) is 0 Å². The van der Waals surface area contributed by atoms with Crippen LogP contribution in [0.1, 0.15) is 35.2 Å². The van der Waals surface area contributed by atoms with E-state index >= 15 is 0 Å². The van der Waals surface area contributed by atoms with E-state index in [9.17, 15) is 18.0 Å². The van der Waals surface area contributed by atoms with Crippen LogP contribution in [0.2, 0.25) is 5.02 Å². The second-order valence-electron chi connectivity index (χ2n) is 8.18. The summed E-state index contributed by atoms with van der Waals surface area (Å²) in [6, 6.07) is 10.4. The molecular weight excluding hydrogens is 503 g/mol. The molecular formula is C23H15ClF3N5O2S. The monoisotopic (exact) mass is 517 g/mol. The number of nitrogens with zero attached hydrogens (tertiary/aromatic N) is 4. The van der Waals surface area contributed by atoms with E-state index in [4.69, 9.17) is 21.3 Å². The highest BCUT2D eigenvalue weighted by atomic mass is 35.5. The number of nitriles is 1. The fourth-order valence-electron chi connectivity index (χ4n) is 3.55. The zero-order valence-corrected chi connectivity index (χ0v) is 19.4. The quantitative estimate of drug-likeness (QED) is 0.371. The van der Waals surface area contributed by atoms with E-state index in [0.717, 1.165) is 12.1 Å². The average molecular weight is 518 g/mol. The maximum Gasteiger partial charge on any atom is 0.416 e. The molecule has 0 atom stereocenters. The molecule has 0 aliphatic heterocycles. The Bertz CT molecular complexity index is 1490. The lowest BCUT2D eigenvalue weighted by Gasteiger charge is -2.09. The molecule has 7 nitrogen and oxygen atoms in total. The molecule has 5 rings (SSSR count). The van der Waals surface area contributed by atoms with Crippen molar-refractivity contribution in [2.75, 3.05) is 0 Å². The van der Waals surface area contributed by atoms with Gasteiger partial charge in [-0.05, 0) is 48.2 Å². The molecule has 1 fully saturated rings. The molecule has 1 aliphatic rings. The molecule has 0 radical (unpaired) electrons. The van der Waals surface area contributed by atoms with Gasteiger partial charge in [0.25, 0.3) is 0 Å². The Balaban J connectivity index is 1.33. The zero-order chi connectivity index (χ0) is 24.8. The summed E-state index contributed by atoms with van der Waals surface area (Å²) in [6.45, 7) is 0. The molecule has 0 saturated heterocycles. The van der Waals surface area contributed by atoms with Gasteiger partial charge >= 0.3 is 6.18 Å². The number of benzene rings is 2. The van der Waals surface area contributed by atoms with Gasteiger partial charge in [-0.1, -0.05) is 23.7 Å². The number of hydrogen-bond donors (Lipinski definition) is 1. The van der Waals surface area contributed by atoms with Crippen LogP contribution in [0.4, 0.5) is 13.2 Å². The summed E-state index contributed by atoms with van der Waals surface area (Å²) in [5, 5.41) is 20.5. The number of nitrogens with one attached hydrogen (secondary N) is 1. The Morgan fingerprint density at radius 2 is 1.97 bits per heavy atom. The third-order valence-corrected chi connectivity index (χ3v) is 6.99. The largest absolute Gasteiger partial charge is 0.424 e. The maximum absolute atomic E-state index is 13.1. The van der Waals surface area contributed by atoms with Crippen LogP contribution in [-0.4, -0.2) is 26.6 Å². The summed E-state index contributed by atoms with van der Waals surface area (Å²) in [5.41, 5.74) is -0.0846. The van der Waals surface area contributed by atoms with E-state index in [-0.39, 0.29) is 30.5 Å². The number of hydrogen-bond acceptors (Lipinski definition) is 7.